The average Bonchev–Trinajstić information content (AvgIpc) is 2.82. The molecule has 1 saturated heterocycles. The Morgan fingerprint density at radius 3 is 2.35 bits per heavy atom. The molecule has 2 aliphatic rings. The van der Waals surface area contributed by atoms with Gasteiger partial charge < -0.3 is 20.4 Å². The number of piperazine rings is 1. The van der Waals surface area contributed by atoms with Crippen LogP contribution in [0.5, 0.6) is 0 Å². The fourth-order valence-corrected chi connectivity index (χ4v) is 4.76. The Morgan fingerprint density at radius 1 is 1.06 bits per heavy atom. The van der Waals surface area contributed by atoms with Crippen LogP contribution in [0.2, 0.25) is 0 Å². The Morgan fingerprint density at radius 2 is 1.74 bits per heavy atom. The number of amides is 3. The highest BCUT2D eigenvalue weighted by Gasteiger charge is 2.28. The van der Waals surface area contributed by atoms with Gasteiger partial charge in [0.25, 0.3) is 0 Å². The molecule has 0 bridgehead atoms. The summed E-state index contributed by atoms with van der Waals surface area (Å²) in [5, 5.41) is 5.51. The molecule has 0 spiro atoms. The number of likely N-dealkylation sites (N-methyl/N-ethyl adjacent to an activating group) is 1. The molecule has 0 aromatic heterocycles. The molecule has 1 saturated carbocycles. The fraction of sp³-hybridized carbons (Fsp3) is 0.654. The second kappa shape index (κ2) is 12.3. The highest BCUT2D eigenvalue weighted by atomic mass is 19.1. The number of nitrogens with zero attached hydrogens (tertiary/aromatic N) is 2. The van der Waals surface area contributed by atoms with Gasteiger partial charge in [0.05, 0.1) is 5.69 Å². The number of carbonyl (C=O) groups is 3. The predicted octanol–water partition coefficient (Wildman–Crippen LogP) is 3.19. The van der Waals surface area contributed by atoms with Crippen LogP contribution in [0.4, 0.5) is 10.1 Å². The summed E-state index contributed by atoms with van der Waals surface area (Å²) in [5.41, 5.74) is 0.748. The van der Waals surface area contributed by atoms with Crippen LogP contribution in [0, 0.1) is 17.7 Å². The minimum atomic E-state index is -0.746. The van der Waals surface area contributed by atoms with E-state index in [2.05, 4.69) is 22.5 Å². The first-order valence-corrected chi connectivity index (χ1v) is 12.6. The zero-order chi connectivity index (χ0) is 24.7. The SMILES string of the molecule is CCC(=O)N[C@H](Cc1ccc(NC(=O)CC2CCC(C)CC2)c(F)c1)C(=O)N1CCN(C)CC1. The van der Waals surface area contributed by atoms with Crippen LogP contribution in [-0.2, 0) is 20.8 Å². The molecule has 188 valence electrons. The summed E-state index contributed by atoms with van der Waals surface area (Å²) in [6.45, 7) is 6.74. The van der Waals surface area contributed by atoms with E-state index in [0.717, 1.165) is 44.7 Å². The van der Waals surface area contributed by atoms with Gasteiger partial charge in [-0.25, -0.2) is 4.39 Å². The normalized spacial score (nSPS) is 22.2. The van der Waals surface area contributed by atoms with Gasteiger partial charge in [-0.2, -0.15) is 0 Å². The van der Waals surface area contributed by atoms with Crippen molar-refractivity contribution in [3.05, 3.63) is 29.6 Å². The summed E-state index contributed by atoms with van der Waals surface area (Å²) in [7, 11) is 2.01. The molecule has 1 aromatic carbocycles. The maximum atomic E-state index is 14.8. The second-order valence-corrected chi connectivity index (χ2v) is 10.00. The third-order valence-electron chi connectivity index (χ3n) is 7.13. The number of rotatable bonds is 8. The van der Waals surface area contributed by atoms with Crippen LogP contribution < -0.4 is 10.6 Å². The molecule has 34 heavy (non-hydrogen) atoms. The lowest BCUT2D eigenvalue weighted by atomic mass is 9.81. The first-order chi connectivity index (χ1) is 16.2. The van der Waals surface area contributed by atoms with E-state index >= 15 is 0 Å². The molecule has 2 fully saturated rings. The van der Waals surface area contributed by atoms with Crippen LogP contribution in [0.15, 0.2) is 18.2 Å². The number of benzene rings is 1. The van der Waals surface area contributed by atoms with Crippen LogP contribution in [0.25, 0.3) is 0 Å². The Bertz CT molecular complexity index is 862. The van der Waals surface area contributed by atoms with Crippen molar-refractivity contribution >= 4 is 23.4 Å². The Kier molecular flexibility index (Phi) is 9.45. The first kappa shape index (κ1) is 26.1. The molecule has 7 nitrogen and oxygen atoms in total. The van der Waals surface area contributed by atoms with Crippen LogP contribution in [0.1, 0.15) is 57.9 Å². The molecule has 1 aliphatic carbocycles. The van der Waals surface area contributed by atoms with E-state index in [0.29, 0.717) is 31.0 Å². The second-order valence-electron chi connectivity index (χ2n) is 10.00. The standard InChI is InChI=1S/C26H39FN4O3/c1-4-24(32)29-23(26(34)31-13-11-30(3)12-14-31)16-20-9-10-22(21(27)15-20)28-25(33)17-19-7-5-18(2)6-8-19/h9-10,15,18-19,23H,4-8,11-14,16-17H2,1-3H3,(H,28,33)(H,29,32)/t18?,19?,23-/m1/s1. The highest BCUT2D eigenvalue weighted by molar-refractivity contribution is 5.91. The molecule has 1 aromatic rings. The summed E-state index contributed by atoms with van der Waals surface area (Å²) in [5.74, 6) is 0.0316. The van der Waals surface area contributed by atoms with E-state index in [1.165, 1.54) is 6.07 Å². The molecule has 0 radical (unpaired) electrons. The number of anilines is 1. The van der Waals surface area contributed by atoms with Crippen LogP contribution >= 0.6 is 0 Å². The summed E-state index contributed by atoms with van der Waals surface area (Å²) in [6, 6.07) is 3.86. The molecule has 3 amide bonds. The molecule has 1 atom stereocenters. The smallest absolute Gasteiger partial charge is 0.245 e. The molecule has 1 aliphatic heterocycles. The van der Waals surface area contributed by atoms with Crippen molar-refractivity contribution in [2.24, 2.45) is 11.8 Å². The van der Waals surface area contributed by atoms with Crippen molar-refractivity contribution in [3.63, 3.8) is 0 Å². The lowest BCUT2D eigenvalue weighted by Crippen LogP contribution is -2.54. The Hall–Kier alpha value is -2.48. The van der Waals surface area contributed by atoms with E-state index in [1.807, 2.05) is 7.05 Å². The molecular weight excluding hydrogens is 435 g/mol. The number of hydrogen-bond acceptors (Lipinski definition) is 4. The molecular formula is C26H39FN4O3. The van der Waals surface area contributed by atoms with Gasteiger partial charge >= 0.3 is 0 Å². The predicted molar refractivity (Wildman–Crippen MR) is 131 cm³/mol. The van der Waals surface area contributed by atoms with E-state index in [-0.39, 0.29) is 36.3 Å². The zero-order valence-electron chi connectivity index (χ0n) is 20.7. The van der Waals surface area contributed by atoms with Crippen molar-refractivity contribution in [1.82, 2.24) is 15.1 Å². The minimum Gasteiger partial charge on any atom is -0.344 e. The summed E-state index contributed by atoms with van der Waals surface area (Å²) in [4.78, 5) is 41.5. The van der Waals surface area contributed by atoms with Crippen molar-refractivity contribution < 1.29 is 18.8 Å². The van der Waals surface area contributed by atoms with Crippen molar-refractivity contribution in [2.75, 3.05) is 38.5 Å². The van der Waals surface area contributed by atoms with Crippen LogP contribution in [-0.4, -0.2) is 66.8 Å². The number of hydrogen-bond donors (Lipinski definition) is 2. The summed E-state index contributed by atoms with van der Waals surface area (Å²) in [6.07, 6.45) is 5.25. The van der Waals surface area contributed by atoms with E-state index in [9.17, 15) is 18.8 Å². The van der Waals surface area contributed by atoms with Gasteiger partial charge in [0.15, 0.2) is 0 Å². The minimum absolute atomic E-state index is 0.144. The summed E-state index contributed by atoms with van der Waals surface area (Å²) < 4.78 is 14.8. The van der Waals surface area contributed by atoms with Gasteiger partial charge in [0.1, 0.15) is 11.9 Å². The molecule has 1 heterocycles. The Labute approximate surface area is 202 Å². The Balaban J connectivity index is 1.61. The third-order valence-corrected chi connectivity index (χ3v) is 7.13. The van der Waals surface area contributed by atoms with E-state index in [4.69, 9.17) is 0 Å². The number of nitrogens with one attached hydrogen (secondary N) is 2. The topological polar surface area (TPSA) is 81.8 Å². The zero-order valence-corrected chi connectivity index (χ0v) is 20.7. The average molecular weight is 475 g/mol. The highest BCUT2D eigenvalue weighted by Crippen LogP contribution is 2.30. The lowest BCUT2D eigenvalue weighted by Gasteiger charge is -2.34. The van der Waals surface area contributed by atoms with Gasteiger partial charge in [-0.1, -0.05) is 32.8 Å². The molecule has 3 rings (SSSR count). The van der Waals surface area contributed by atoms with Gasteiger partial charge in [-0.15, -0.1) is 0 Å². The van der Waals surface area contributed by atoms with Gasteiger partial charge in [0, 0.05) is 45.4 Å². The van der Waals surface area contributed by atoms with Gasteiger partial charge in [-0.05, 0) is 49.4 Å². The molecule has 8 heteroatoms. The van der Waals surface area contributed by atoms with Gasteiger partial charge in [-0.3, -0.25) is 14.4 Å². The van der Waals surface area contributed by atoms with E-state index in [1.54, 1.807) is 24.0 Å². The third kappa shape index (κ3) is 7.52. The molecule has 2 N–H and O–H groups in total. The maximum Gasteiger partial charge on any atom is 0.245 e. The first-order valence-electron chi connectivity index (χ1n) is 12.6. The number of halogens is 1. The largest absolute Gasteiger partial charge is 0.344 e. The quantitative estimate of drug-likeness (QED) is 0.606. The lowest BCUT2D eigenvalue weighted by molar-refractivity contribution is -0.137. The monoisotopic (exact) mass is 474 g/mol. The maximum absolute atomic E-state index is 14.8. The van der Waals surface area contributed by atoms with Crippen molar-refractivity contribution in [2.45, 2.75) is 64.8 Å². The van der Waals surface area contributed by atoms with E-state index < -0.39 is 11.9 Å². The van der Waals surface area contributed by atoms with Gasteiger partial charge in [0.2, 0.25) is 17.7 Å². The fourth-order valence-electron chi connectivity index (χ4n) is 4.76. The van der Waals surface area contributed by atoms with Crippen LogP contribution in [0.3, 0.4) is 0 Å². The summed E-state index contributed by atoms with van der Waals surface area (Å²) >= 11 is 0. The van der Waals surface area contributed by atoms with Crippen molar-refractivity contribution in [1.29, 1.82) is 0 Å². The molecule has 0 unspecified atom stereocenters. The van der Waals surface area contributed by atoms with Crippen molar-refractivity contribution in [3.8, 4) is 0 Å². The number of carbonyl (C=O) groups excluding carboxylic acids is 3.